The zero-order chi connectivity index (χ0) is 10.1. The van der Waals surface area contributed by atoms with Gasteiger partial charge in [0.2, 0.25) is 0 Å². The van der Waals surface area contributed by atoms with Crippen molar-refractivity contribution >= 4 is 27.5 Å². The minimum atomic E-state index is 0.581. The molecule has 1 heterocycles. The van der Waals surface area contributed by atoms with E-state index in [1.165, 1.54) is 32.1 Å². The molecule has 0 aromatic carbocycles. The third kappa shape index (κ3) is 1.88. The second-order valence-corrected chi connectivity index (χ2v) is 5.01. The molecule has 1 N–H and O–H groups in total. The van der Waals surface area contributed by atoms with Crippen LogP contribution in [-0.2, 0) is 0 Å². The molecule has 1 saturated carbocycles. The normalized spacial score (nSPS) is 25.8. The van der Waals surface area contributed by atoms with Gasteiger partial charge in [0.1, 0.15) is 9.76 Å². The standard InChI is InChI=1S/C9H15BrClN3/c1-13-8(10)9(11)12-14(13)7-5-3-2-4-6-7/h7,12H,2-6H2,1H3. The van der Waals surface area contributed by atoms with E-state index < -0.39 is 0 Å². The van der Waals surface area contributed by atoms with Crippen molar-refractivity contribution in [3.05, 3.63) is 9.76 Å². The van der Waals surface area contributed by atoms with E-state index >= 15 is 0 Å². The Hall–Kier alpha value is 0.0700. The highest BCUT2D eigenvalue weighted by Gasteiger charge is 2.31. The van der Waals surface area contributed by atoms with Crippen LogP contribution in [0, 0.1) is 0 Å². The molecule has 0 bridgehead atoms. The van der Waals surface area contributed by atoms with Gasteiger partial charge in [0, 0.05) is 7.05 Å². The summed E-state index contributed by atoms with van der Waals surface area (Å²) in [6.45, 7) is 0. The number of nitrogens with zero attached hydrogens (tertiary/aromatic N) is 2. The van der Waals surface area contributed by atoms with Crippen LogP contribution in [-0.4, -0.2) is 23.2 Å². The fourth-order valence-corrected chi connectivity index (χ4v) is 2.59. The lowest BCUT2D eigenvalue weighted by Gasteiger charge is -2.35. The van der Waals surface area contributed by atoms with E-state index in [1.54, 1.807) is 0 Å². The molecule has 2 rings (SSSR count). The molecule has 0 spiro atoms. The molecule has 1 aliphatic heterocycles. The molecule has 0 radical (unpaired) electrons. The Balaban J connectivity index is 2.00. The monoisotopic (exact) mass is 279 g/mol. The molecule has 0 saturated heterocycles. The number of rotatable bonds is 1. The number of hydrogen-bond donors (Lipinski definition) is 1. The van der Waals surface area contributed by atoms with E-state index in [4.69, 9.17) is 11.6 Å². The molecule has 0 unspecified atom stereocenters. The number of hydrogen-bond acceptors (Lipinski definition) is 3. The maximum Gasteiger partial charge on any atom is 0.150 e. The lowest BCUT2D eigenvalue weighted by molar-refractivity contribution is -0.0327. The summed E-state index contributed by atoms with van der Waals surface area (Å²) in [5.41, 5.74) is 3.18. The van der Waals surface area contributed by atoms with Gasteiger partial charge in [0.25, 0.3) is 0 Å². The summed E-state index contributed by atoms with van der Waals surface area (Å²) in [5, 5.41) is 4.85. The number of halogens is 2. The SMILES string of the molecule is CN1C(Br)=C(Cl)NN1C1CCCCC1. The first kappa shape index (κ1) is 10.6. The van der Waals surface area contributed by atoms with E-state index in [0.717, 1.165) is 4.61 Å². The Morgan fingerprint density at radius 1 is 1.36 bits per heavy atom. The molecule has 0 aromatic rings. The van der Waals surface area contributed by atoms with Crippen LogP contribution in [0.25, 0.3) is 0 Å². The molecule has 3 nitrogen and oxygen atoms in total. The first-order chi connectivity index (χ1) is 6.70. The molecule has 5 heteroatoms. The van der Waals surface area contributed by atoms with Crippen molar-refractivity contribution in [2.45, 2.75) is 38.1 Å². The molecule has 0 aromatic heterocycles. The maximum atomic E-state index is 6.01. The fourth-order valence-electron chi connectivity index (χ4n) is 2.12. The van der Waals surface area contributed by atoms with E-state index in [2.05, 4.69) is 26.5 Å². The topological polar surface area (TPSA) is 18.5 Å². The molecule has 80 valence electrons. The van der Waals surface area contributed by atoms with Crippen LogP contribution in [0.3, 0.4) is 0 Å². The van der Waals surface area contributed by atoms with Crippen LogP contribution in [0.5, 0.6) is 0 Å². The Kier molecular flexibility index (Phi) is 3.24. The molecule has 0 atom stereocenters. The van der Waals surface area contributed by atoms with Gasteiger partial charge < -0.3 is 0 Å². The van der Waals surface area contributed by atoms with Crippen LogP contribution in [0.1, 0.15) is 32.1 Å². The summed E-state index contributed by atoms with van der Waals surface area (Å²) < 4.78 is 0.921. The van der Waals surface area contributed by atoms with E-state index in [9.17, 15) is 0 Å². The Bertz CT molecular complexity index is 250. The third-order valence-corrected chi connectivity index (χ3v) is 4.32. The van der Waals surface area contributed by atoms with Gasteiger partial charge in [-0.2, -0.15) is 0 Å². The average Bonchev–Trinajstić information content (AvgIpc) is 2.47. The molecular formula is C9H15BrClN3. The lowest BCUT2D eigenvalue weighted by Crippen LogP contribution is -2.48. The highest BCUT2D eigenvalue weighted by atomic mass is 79.9. The minimum absolute atomic E-state index is 0.581. The van der Waals surface area contributed by atoms with Gasteiger partial charge in [0.15, 0.2) is 0 Å². The third-order valence-electron chi connectivity index (χ3n) is 2.92. The predicted octanol–water partition coefficient (Wildman–Crippen LogP) is 2.75. The number of hydrazine groups is 2. The Morgan fingerprint density at radius 2 is 2.00 bits per heavy atom. The number of nitrogens with one attached hydrogen (secondary N) is 1. The minimum Gasteiger partial charge on any atom is -0.289 e. The van der Waals surface area contributed by atoms with Crippen molar-refractivity contribution in [1.82, 2.24) is 15.6 Å². The predicted molar refractivity (Wildman–Crippen MR) is 61.4 cm³/mol. The van der Waals surface area contributed by atoms with Gasteiger partial charge in [-0.3, -0.25) is 10.4 Å². The molecule has 1 aliphatic carbocycles. The summed E-state index contributed by atoms with van der Waals surface area (Å²) in [4.78, 5) is 0. The van der Waals surface area contributed by atoms with Gasteiger partial charge in [-0.25, -0.2) is 0 Å². The highest BCUT2D eigenvalue weighted by molar-refractivity contribution is 9.11. The summed E-state index contributed by atoms with van der Waals surface area (Å²) >= 11 is 9.46. The smallest absolute Gasteiger partial charge is 0.150 e. The molecule has 14 heavy (non-hydrogen) atoms. The van der Waals surface area contributed by atoms with E-state index in [1.807, 2.05) is 12.1 Å². The highest BCUT2D eigenvalue weighted by Crippen LogP contribution is 2.30. The van der Waals surface area contributed by atoms with Crippen molar-refractivity contribution < 1.29 is 0 Å². The van der Waals surface area contributed by atoms with Crippen LogP contribution >= 0.6 is 27.5 Å². The van der Waals surface area contributed by atoms with Crippen molar-refractivity contribution in [2.24, 2.45) is 0 Å². The van der Waals surface area contributed by atoms with Crippen molar-refractivity contribution in [1.29, 1.82) is 0 Å². The Labute approximate surface area is 98.1 Å². The van der Waals surface area contributed by atoms with Crippen molar-refractivity contribution in [3.63, 3.8) is 0 Å². The second kappa shape index (κ2) is 4.29. The van der Waals surface area contributed by atoms with E-state index in [0.29, 0.717) is 11.2 Å². The van der Waals surface area contributed by atoms with Crippen LogP contribution < -0.4 is 5.43 Å². The van der Waals surface area contributed by atoms with Gasteiger partial charge in [-0.1, -0.05) is 30.9 Å². The summed E-state index contributed by atoms with van der Waals surface area (Å²) in [7, 11) is 2.01. The average molecular weight is 281 g/mol. The first-order valence-corrected chi connectivity index (χ1v) is 6.22. The second-order valence-electron chi connectivity index (χ2n) is 3.88. The zero-order valence-electron chi connectivity index (χ0n) is 8.26. The summed E-state index contributed by atoms with van der Waals surface area (Å²) in [6, 6.07) is 0.581. The van der Waals surface area contributed by atoms with Crippen LogP contribution in [0.15, 0.2) is 9.76 Å². The van der Waals surface area contributed by atoms with Gasteiger partial charge in [0.05, 0.1) is 6.04 Å². The fraction of sp³-hybridized carbons (Fsp3) is 0.778. The quantitative estimate of drug-likeness (QED) is 0.745. The van der Waals surface area contributed by atoms with Gasteiger partial charge >= 0.3 is 0 Å². The van der Waals surface area contributed by atoms with Crippen LogP contribution in [0.2, 0.25) is 0 Å². The molecule has 2 aliphatic rings. The van der Waals surface area contributed by atoms with E-state index in [-0.39, 0.29) is 0 Å². The Morgan fingerprint density at radius 3 is 2.50 bits per heavy atom. The largest absolute Gasteiger partial charge is 0.289 e. The molecular weight excluding hydrogens is 265 g/mol. The van der Waals surface area contributed by atoms with Crippen molar-refractivity contribution in [2.75, 3.05) is 7.05 Å². The molecule has 1 fully saturated rings. The van der Waals surface area contributed by atoms with Gasteiger partial charge in [-0.15, -0.1) is 5.12 Å². The van der Waals surface area contributed by atoms with Gasteiger partial charge in [-0.05, 0) is 28.8 Å². The first-order valence-electron chi connectivity index (χ1n) is 5.05. The van der Waals surface area contributed by atoms with Crippen LogP contribution in [0.4, 0.5) is 0 Å². The maximum absolute atomic E-state index is 6.01. The molecule has 0 amide bonds. The summed E-state index contributed by atoms with van der Waals surface area (Å²) in [5.74, 6) is 0. The summed E-state index contributed by atoms with van der Waals surface area (Å²) in [6.07, 6.45) is 6.53. The zero-order valence-corrected chi connectivity index (χ0v) is 10.6. The van der Waals surface area contributed by atoms with Crippen molar-refractivity contribution in [3.8, 4) is 0 Å². The lowest BCUT2D eigenvalue weighted by atomic mass is 9.96.